The SMILES string of the molecule is C=C/C=C\[C@H](C)[C@H](O)[C@@H](C)[C@H](O)CC[C@H](C)C[C@H](C)[C@@H](O[Si](C)(C)C(C)(C)C)[C@@H](C)C1OCCO1. The van der Waals surface area contributed by atoms with E-state index < -0.39 is 20.5 Å². The molecule has 2 N–H and O–H groups in total. The number of hydrogen-bond donors (Lipinski definition) is 2. The summed E-state index contributed by atoms with van der Waals surface area (Å²) in [4.78, 5) is 0. The second-order valence-electron chi connectivity index (χ2n) is 12.6. The molecule has 0 aromatic rings. The molecular formula is C29H56O5Si. The molecule has 0 amide bonds. The van der Waals surface area contributed by atoms with Crippen molar-refractivity contribution in [2.45, 2.75) is 117 Å². The lowest BCUT2D eigenvalue weighted by Crippen LogP contribution is -2.49. The zero-order chi connectivity index (χ0) is 27.0. The highest BCUT2D eigenvalue weighted by molar-refractivity contribution is 6.74. The maximum Gasteiger partial charge on any atom is 0.192 e. The second kappa shape index (κ2) is 14.4. The summed E-state index contributed by atoms with van der Waals surface area (Å²) < 4.78 is 18.7. The summed E-state index contributed by atoms with van der Waals surface area (Å²) in [5, 5.41) is 21.5. The van der Waals surface area contributed by atoms with Crippen LogP contribution >= 0.6 is 0 Å². The van der Waals surface area contributed by atoms with Gasteiger partial charge in [-0.1, -0.05) is 80.2 Å². The monoisotopic (exact) mass is 512 g/mol. The number of ether oxygens (including phenoxy) is 2. The van der Waals surface area contributed by atoms with Gasteiger partial charge in [-0.05, 0) is 49.2 Å². The van der Waals surface area contributed by atoms with E-state index in [1.165, 1.54) is 0 Å². The molecule has 35 heavy (non-hydrogen) atoms. The molecule has 1 rings (SSSR count). The van der Waals surface area contributed by atoms with Gasteiger partial charge in [-0.15, -0.1) is 0 Å². The number of rotatable bonds is 15. The lowest BCUT2D eigenvalue weighted by molar-refractivity contribution is -0.117. The van der Waals surface area contributed by atoms with Crippen molar-refractivity contribution in [1.82, 2.24) is 0 Å². The van der Waals surface area contributed by atoms with E-state index in [0.29, 0.717) is 31.5 Å². The van der Waals surface area contributed by atoms with E-state index in [-0.39, 0.29) is 35.2 Å². The highest BCUT2D eigenvalue weighted by atomic mass is 28.4. The van der Waals surface area contributed by atoms with Gasteiger partial charge in [0.2, 0.25) is 0 Å². The van der Waals surface area contributed by atoms with Crippen molar-refractivity contribution in [3.63, 3.8) is 0 Å². The third kappa shape index (κ3) is 10.1. The number of aliphatic hydroxyl groups is 2. The zero-order valence-corrected chi connectivity index (χ0v) is 25.3. The summed E-state index contributed by atoms with van der Waals surface area (Å²) in [5.74, 6) is 0.719. The predicted molar refractivity (Wildman–Crippen MR) is 149 cm³/mol. The van der Waals surface area contributed by atoms with Crippen LogP contribution in [0.1, 0.15) is 74.7 Å². The van der Waals surface area contributed by atoms with Gasteiger partial charge in [0, 0.05) is 17.8 Å². The molecule has 0 aromatic heterocycles. The molecule has 0 saturated carbocycles. The first kappa shape index (κ1) is 32.5. The topological polar surface area (TPSA) is 68.2 Å². The molecule has 6 heteroatoms. The Morgan fingerprint density at radius 1 is 1.03 bits per heavy atom. The van der Waals surface area contributed by atoms with Crippen LogP contribution < -0.4 is 0 Å². The van der Waals surface area contributed by atoms with Crippen LogP contribution in [0.5, 0.6) is 0 Å². The van der Waals surface area contributed by atoms with Gasteiger partial charge in [0.25, 0.3) is 0 Å². The molecule has 8 atom stereocenters. The van der Waals surface area contributed by atoms with Crippen LogP contribution in [0.4, 0.5) is 0 Å². The van der Waals surface area contributed by atoms with Gasteiger partial charge in [0.1, 0.15) is 0 Å². The van der Waals surface area contributed by atoms with Crippen molar-refractivity contribution in [1.29, 1.82) is 0 Å². The molecule has 1 aliphatic heterocycles. The predicted octanol–water partition coefficient (Wildman–Crippen LogP) is 6.56. The summed E-state index contributed by atoms with van der Waals surface area (Å²) in [6, 6.07) is 0. The molecule has 0 spiro atoms. The van der Waals surface area contributed by atoms with Crippen LogP contribution in [-0.4, -0.2) is 56.3 Å². The Morgan fingerprint density at radius 2 is 1.60 bits per heavy atom. The van der Waals surface area contributed by atoms with Crippen LogP contribution in [0.25, 0.3) is 0 Å². The fraction of sp³-hybridized carbons (Fsp3) is 0.862. The first-order valence-electron chi connectivity index (χ1n) is 13.7. The Bertz CT molecular complexity index is 637. The maximum atomic E-state index is 10.8. The van der Waals surface area contributed by atoms with Crippen LogP contribution in [-0.2, 0) is 13.9 Å². The third-order valence-electron chi connectivity index (χ3n) is 8.36. The molecule has 1 fully saturated rings. The summed E-state index contributed by atoms with van der Waals surface area (Å²) >= 11 is 0. The first-order chi connectivity index (χ1) is 16.1. The van der Waals surface area contributed by atoms with Gasteiger partial charge in [0.05, 0.1) is 31.5 Å². The van der Waals surface area contributed by atoms with E-state index >= 15 is 0 Å². The lowest BCUT2D eigenvalue weighted by atomic mass is 9.82. The van der Waals surface area contributed by atoms with E-state index in [1.54, 1.807) is 6.08 Å². The number of hydrogen-bond acceptors (Lipinski definition) is 5. The first-order valence-corrected chi connectivity index (χ1v) is 16.6. The highest BCUT2D eigenvalue weighted by Crippen LogP contribution is 2.41. The smallest absolute Gasteiger partial charge is 0.192 e. The van der Waals surface area contributed by atoms with Crippen LogP contribution in [0.3, 0.4) is 0 Å². The minimum absolute atomic E-state index is 0.0233. The van der Waals surface area contributed by atoms with Gasteiger partial charge in [-0.2, -0.15) is 0 Å². The fourth-order valence-electron chi connectivity index (χ4n) is 4.77. The van der Waals surface area contributed by atoms with Crippen molar-refractivity contribution in [3.05, 3.63) is 24.8 Å². The standard InChI is InChI=1S/C29H56O5Si/c1-12-13-14-21(3)26(31)23(5)25(30)16-15-20(2)19-22(4)27(24(6)28-32-17-18-33-28)34-35(10,11)29(7,8)9/h12-14,20-28,30-31H,1,15-19H2,2-11H3/b14-13-/t20-,21-,22-,23-,24+,25+,26-,27+/m0/s1. The van der Waals surface area contributed by atoms with E-state index in [0.717, 1.165) is 12.8 Å². The Kier molecular flexibility index (Phi) is 13.4. The van der Waals surface area contributed by atoms with Crippen LogP contribution in [0.2, 0.25) is 18.1 Å². The zero-order valence-electron chi connectivity index (χ0n) is 24.3. The van der Waals surface area contributed by atoms with Crippen molar-refractivity contribution >= 4 is 8.32 Å². The molecule has 0 unspecified atom stereocenters. The third-order valence-corrected chi connectivity index (χ3v) is 12.8. The minimum atomic E-state index is -1.97. The average Bonchev–Trinajstić information content (AvgIpc) is 3.32. The molecule has 206 valence electrons. The Morgan fingerprint density at radius 3 is 2.11 bits per heavy atom. The van der Waals surface area contributed by atoms with Crippen molar-refractivity contribution < 1.29 is 24.1 Å². The summed E-state index contributed by atoms with van der Waals surface area (Å²) in [6.07, 6.45) is 6.85. The Balaban J connectivity index is 2.77. The van der Waals surface area contributed by atoms with E-state index in [2.05, 4.69) is 61.2 Å². The van der Waals surface area contributed by atoms with Crippen LogP contribution in [0, 0.1) is 29.6 Å². The molecule has 0 aliphatic carbocycles. The molecule has 5 nitrogen and oxygen atoms in total. The van der Waals surface area contributed by atoms with Gasteiger partial charge >= 0.3 is 0 Å². The van der Waals surface area contributed by atoms with Gasteiger partial charge in [-0.3, -0.25) is 0 Å². The molecule has 0 bridgehead atoms. The molecule has 1 aliphatic rings. The summed E-state index contributed by atoms with van der Waals surface area (Å²) in [5.41, 5.74) is 0. The highest BCUT2D eigenvalue weighted by Gasteiger charge is 2.43. The summed E-state index contributed by atoms with van der Waals surface area (Å²) in [6.45, 7) is 27.1. The van der Waals surface area contributed by atoms with Crippen LogP contribution in [0.15, 0.2) is 24.8 Å². The number of aliphatic hydroxyl groups excluding tert-OH is 2. The van der Waals surface area contributed by atoms with Gasteiger partial charge in [-0.25, -0.2) is 0 Å². The fourth-order valence-corrected chi connectivity index (χ4v) is 6.25. The average molecular weight is 513 g/mol. The second-order valence-corrected chi connectivity index (χ2v) is 17.4. The lowest BCUT2D eigenvalue weighted by Gasteiger charge is -2.44. The molecule has 0 radical (unpaired) electrons. The quantitative estimate of drug-likeness (QED) is 0.192. The summed E-state index contributed by atoms with van der Waals surface area (Å²) in [7, 11) is -1.97. The normalized spacial score (nSPS) is 23.0. The molecule has 1 heterocycles. The van der Waals surface area contributed by atoms with Crippen molar-refractivity contribution in [2.75, 3.05) is 13.2 Å². The molecule has 0 aromatic carbocycles. The van der Waals surface area contributed by atoms with E-state index in [1.807, 2.05) is 26.0 Å². The Labute approximate surface area is 217 Å². The maximum absolute atomic E-state index is 10.8. The van der Waals surface area contributed by atoms with E-state index in [4.69, 9.17) is 13.9 Å². The Hall–Kier alpha value is -0.503. The van der Waals surface area contributed by atoms with E-state index in [9.17, 15) is 10.2 Å². The van der Waals surface area contributed by atoms with Crippen molar-refractivity contribution in [2.24, 2.45) is 29.6 Å². The van der Waals surface area contributed by atoms with Crippen molar-refractivity contribution in [3.8, 4) is 0 Å². The molecular weight excluding hydrogens is 456 g/mol. The van der Waals surface area contributed by atoms with Gasteiger partial charge in [0.15, 0.2) is 14.6 Å². The molecule has 1 saturated heterocycles. The number of allylic oxidation sites excluding steroid dienone is 2. The largest absolute Gasteiger partial charge is 0.413 e. The van der Waals surface area contributed by atoms with Gasteiger partial charge < -0.3 is 24.1 Å². The minimum Gasteiger partial charge on any atom is -0.413 e.